The fraction of sp³-hybridized carbons (Fsp3) is 0.833. The number of rotatable bonds is 5. The highest BCUT2D eigenvalue weighted by atomic mass is 28.3. The molecule has 0 aromatic carbocycles. The Hall–Kier alpha value is -0.283. The molecule has 85 valence electrons. The first kappa shape index (κ1) is 11.2. The van der Waals surface area contributed by atoms with Crippen molar-refractivity contribution in [3.8, 4) is 0 Å². The van der Waals surface area contributed by atoms with E-state index in [4.69, 9.17) is 8.85 Å². The molecular formula is C12H21O2Si. The van der Waals surface area contributed by atoms with E-state index >= 15 is 0 Å². The van der Waals surface area contributed by atoms with E-state index in [2.05, 4.69) is 6.08 Å². The smallest absolute Gasteiger partial charge is 0.460 e. The molecule has 0 aliphatic heterocycles. The van der Waals surface area contributed by atoms with Crippen molar-refractivity contribution in [2.24, 2.45) is 5.92 Å². The molecule has 2 saturated carbocycles. The predicted octanol–water partition coefficient (Wildman–Crippen LogP) is 3.40. The zero-order valence-electron chi connectivity index (χ0n) is 9.58. The van der Waals surface area contributed by atoms with Crippen LogP contribution in [0.4, 0.5) is 0 Å². The first-order valence-electron chi connectivity index (χ1n) is 6.14. The van der Waals surface area contributed by atoms with E-state index in [0.29, 0.717) is 5.54 Å². The molecule has 2 aliphatic carbocycles. The Balaban J connectivity index is 1.71. The van der Waals surface area contributed by atoms with Gasteiger partial charge in [-0.15, -0.1) is 0 Å². The summed E-state index contributed by atoms with van der Waals surface area (Å²) in [6.45, 7) is 0. The van der Waals surface area contributed by atoms with Crippen LogP contribution in [-0.2, 0) is 8.85 Å². The number of hydrogen-bond acceptors (Lipinski definition) is 2. The van der Waals surface area contributed by atoms with Gasteiger partial charge < -0.3 is 8.85 Å². The normalized spacial score (nSPS) is 23.9. The van der Waals surface area contributed by atoms with Gasteiger partial charge in [0.05, 0.1) is 6.26 Å². The summed E-state index contributed by atoms with van der Waals surface area (Å²) in [4.78, 5) is 0. The van der Waals surface area contributed by atoms with E-state index in [9.17, 15) is 0 Å². The lowest BCUT2D eigenvalue weighted by molar-refractivity contribution is 0.287. The van der Waals surface area contributed by atoms with Crippen molar-refractivity contribution in [1.29, 1.82) is 0 Å². The van der Waals surface area contributed by atoms with Gasteiger partial charge in [-0.2, -0.15) is 0 Å². The van der Waals surface area contributed by atoms with Gasteiger partial charge in [0.25, 0.3) is 0 Å². The second-order valence-electron chi connectivity index (χ2n) is 4.64. The van der Waals surface area contributed by atoms with Crippen LogP contribution in [0.5, 0.6) is 0 Å². The second kappa shape index (κ2) is 5.71. The molecule has 0 amide bonds. The molecule has 0 aromatic rings. The van der Waals surface area contributed by atoms with Crippen LogP contribution >= 0.6 is 0 Å². The van der Waals surface area contributed by atoms with Crippen LogP contribution in [0.1, 0.15) is 44.9 Å². The van der Waals surface area contributed by atoms with E-state index < -0.39 is 9.28 Å². The molecule has 3 heteroatoms. The molecule has 15 heavy (non-hydrogen) atoms. The molecule has 1 radical (unpaired) electrons. The zero-order valence-corrected chi connectivity index (χ0v) is 10.6. The Labute approximate surface area is 94.5 Å². The quantitative estimate of drug-likeness (QED) is 0.527. The maximum absolute atomic E-state index is 5.78. The SMILES string of the molecule is CO[Si](OC=CC1CCC1)C1CCCC1. The van der Waals surface area contributed by atoms with E-state index in [0.717, 1.165) is 5.92 Å². The van der Waals surface area contributed by atoms with Gasteiger partial charge in [-0.3, -0.25) is 0 Å². The fourth-order valence-corrected chi connectivity index (χ4v) is 4.04. The standard InChI is InChI=1S/C12H21O2Si/c1-13-15(12-7-2-3-8-12)14-10-9-11-5-4-6-11/h9-12H,2-8H2,1H3. The molecule has 0 atom stereocenters. The average molecular weight is 225 g/mol. The third-order valence-electron chi connectivity index (χ3n) is 3.57. The van der Waals surface area contributed by atoms with Gasteiger partial charge in [0, 0.05) is 12.7 Å². The Kier molecular flexibility index (Phi) is 4.26. The Morgan fingerprint density at radius 1 is 1.07 bits per heavy atom. The molecule has 2 aliphatic rings. The van der Waals surface area contributed by atoms with Gasteiger partial charge in [-0.05, 0) is 37.7 Å². The van der Waals surface area contributed by atoms with Gasteiger partial charge in [-0.1, -0.05) is 19.3 Å². The van der Waals surface area contributed by atoms with Gasteiger partial charge in [-0.25, -0.2) is 0 Å². The summed E-state index contributed by atoms with van der Waals surface area (Å²) >= 11 is 0. The van der Waals surface area contributed by atoms with E-state index in [1.807, 2.05) is 6.26 Å². The van der Waals surface area contributed by atoms with Gasteiger partial charge >= 0.3 is 9.28 Å². The molecule has 2 rings (SSSR count). The second-order valence-corrected chi connectivity index (χ2v) is 6.74. The molecule has 0 N–H and O–H groups in total. The summed E-state index contributed by atoms with van der Waals surface area (Å²) in [6, 6.07) is 0. The molecule has 0 aromatic heterocycles. The topological polar surface area (TPSA) is 18.5 Å². The average Bonchev–Trinajstić information content (AvgIpc) is 2.68. The third kappa shape index (κ3) is 3.08. The van der Waals surface area contributed by atoms with Gasteiger partial charge in [0.15, 0.2) is 0 Å². The van der Waals surface area contributed by atoms with Crippen molar-refractivity contribution in [3.63, 3.8) is 0 Å². The molecule has 0 saturated heterocycles. The van der Waals surface area contributed by atoms with Crippen LogP contribution in [0.25, 0.3) is 0 Å². The number of hydrogen-bond donors (Lipinski definition) is 0. The largest absolute Gasteiger partial charge is 0.525 e. The number of allylic oxidation sites excluding steroid dienone is 1. The highest BCUT2D eigenvalue weighted by Crippen LogP contribution is 2.33. The van der Waals surface area contributed by atoms with Crippen LogP contribution in [0.3, 0.4) is 0 Å². The minimum atomic E-state index is -1.03. The summed E-state index contributed by atoms with van der Waals surface area (Å²) in [7, 11) is 0.767. The maximum Gasteiger partial charge on any atom is 0.460 e. The van der Waals surface area contributed by atoms with Crippen molar-refractivity contribution in [1.82, 2.24) is 0 Å². The highest BCUT2D eigenvalue weighted by Gasteiger charge is 2.31. The molecule has 0 bridgehead atoms. The molecule has 0 unspecified atom stereocenters. The minimum Gasteiger partial charge on any atom is -0.525 e. The van der Waals surface area contributed by atoms with Crippen LogP contribution < -0.4 is 0 Å². The Bertz CT molecular complexity index is 208. The van der Waals surface area contributed by atoms with E-state index in [1.165, 1.54) is 44.9 Å². The van der Waals surface area contributed by atoms with Gasteiger partial charge in [0.1, 0.15) is 0 Å². The van der Waals surface area contributed by atoms with Crippen LogP contribution in [0.15, 0.2) is 12.3 Å². The minimum absolute atomic E-state index is 0.714. The highest BCUT2D eigenvalue weighted by molar-refractivity contribution is 6.46. The lowest BCUT2D eigenvalue weighted by Gasteiger charge is -2.22. The first-order valence-corrected chi connectivity index (χ1v) is 7.53. The summed E-state index contributed by atoms with van der Waals surface area (Å²) in [6.07, 6.45) is 13.5. The van der Waals surface area contributed by atoms with Crippen LogP contribution in [0.2, 0.25) is 5.54 Å². The van der Waals surface area contributed by atoms with Crippen molar-refractivity contribution in [3.05, 3.63) is 12.3 Å². The Morgan fingerprint density at radius 2 is 1.80 bits per heavy atom. The molecule has 0 heterocycles. The first-order chi connectivity index (χ1) is 7.40. The van der Waals surface area contributed by atoms with Crippen molar-refractivity contribution < 1.29 is 8.85 Å². The van der Waals surface area contributed by atoms with Crippen LogP contribution in [0, 0.1) is 5.92 Å². The molecule has 2 fully saturated rings. The summed E-state index contributed by atoms with van der Waals surface area (Å²) in [5.41, 5.74) is 0.714. The third-order valence-corrected chi connectivity index (χ3v) is 5.59. The predicted molar refractivity (Wildman–Crippen MR) is 62.5 cm³/mol. The lowest BCUT2D eigenvalue weighted by atomic mass is 9.86. The molecule has 2 nitrogen and oxygen atoms in total. The summed E-state index contributed by atoms with van der Waals surface area (Å²) in [5.74, 6) is 0.786. The van der Waals surface area contributed by atoms with Gasteiger partial charge in [0.2, 0.25) is 0 Å². The zero-order chi connectivity index (χ0) is 10.5. The molecule has 0 spiro atoms. The molecular weight excluding hydrogens is 204 g/mol. The summed E-state index contributed by atoms with van der Waals surface area (Å²) < 4.78 is 11.3. The van der Waals surface area contributed by atoms with E-state index in [1.54, 1.807) is 7.11 Å². The van der Waals surface area contributed by atoms with E-state index in [-0.39, 0.29) is 0 Å². The maximum atomic E-state index is 5.78. The fourth-order valence-electron chi connectivity index (χ4n) is 2.32. The van der Waals surface area contributed by atoms with Crippen molar-refractivity contribution >= 4 is 9.28 Å². The van der Waals surface area contributed by atoms with Crippen molar-refractivity contribution in [2.75, 3.05) is 7.11 Å². The lowest BCUT2D eigenvalue weighted by Crippen LogP contribution is -2.24. The van der Waals surface area contributed by atoms with Crippen molar-refractivity contribution in [2.45, 2.75) is 50.5 Å². The Morgan fingerprint density at radius 3 is 2.33 bits per heavy atom. The van der Waals surface area contributed by atoms with Crippen LogP contribution in [-0.4, -0.2) is 16.4 Å². The monoisotopic (exact) mass is 225 g/mol. The summed E-state index contributed by atoms with van der Waals surface area (Å²) in [5, 5.41) is 0.